The van der Waals surface area contributed by atoms with Crippen molar-refractivity contribution in [2.75, 3.05) is 27.7 Å². The first-order chi connectivity index (χ1) is 17.3. The molecule has 0 saturated carbocycles. The van der Waals surface area contributed by atoms with Crippen LogP contribution in [-0.2, 0) is 11.0 Å². The Kier molecular flexibility index (Phi) is 7.68. The summed E-state index contributed by atoms with van der Waals surface area (Å²) < 4.78 is 41.3. The molecule has 0 unspecified atom stereocenters. The van der Waals surface area contributed by atoms with Crippen molar-refractivity contribution in [3.05, 3.63) is 72.4 Å². The lowest BCUT2D eigenvalue weighted by Gasteiger charge is -2.32. The zero-order valence-corrected chi connectivity index (χ0v) is 20.1. The number of anilines is 3. The molecule has 1 fully saturated rings. The molecule has 0 aliphatic carbocycles. The van der Waals surface area contributed by atoms with E-state index in [-0.39, 0.29) is 11.6 Å². The van der Waals surface area contributed by atoms with Gasteiger partial charge in [0.25, 0.3) is 0 Å². The normalized spacial score (nSPS) is 15.9. The number of carbonyl (C=O) groups excluding carboxylic acids is 2. The van der Waals surface area contributed by atoms with Gasteiger partial charge in [0.1, 0.15) is 11.9 Å². The second-order valence-electron chi connectivity index (χ2n) is 8.11. The molecule has 11 heteroatoms. The Morgan fingerprint density at radius 3 is 2.47 bits per heavy atom. The standard InChI is InChI=1S/C25H24F3N5O2S/c1-36-32-22-20(4-2-14-29-22)16-6-12-19(13-7-16)33-15-3-5-21(23(33)34)31-24(35)30-18-10-8-17(9-11-18)25(26,27)28/h2,4,6-14,21H,3,5,15H2,1H3,(H,29,32)(H2,30,31,35)/t21-/m1/s1. The lowest BCUT2D eigenvalue weighted by Crippen LogP contribution is -2.53. The molecule has 4 rings (SSSR count). The predicted molar refractivity (Wildman–Crippen MR) is 136 cm³/mol. The van der Waals surface area contributed by atoms with Crippen LogP contribution >= 0.6 is 11.9 Å². The molecule has 0 spiro atoms. The van der Waals surface area contributed by atoms with Crippen LogP contribution in [0.15, 0.2) is 66.9 Å². The molecule has 1 atom stereocenters. The van der Waals surface area contributed by atoms with Gasteiger partial charge in [-0.1, -0.05) is 24.1 Å². The molecule has 7 nitrogen and oxygen atoms in total. The smallest absolute Gasteiger partial charge is 0.326 e. The summed E-state index contributed by atoms with van der Waals surface area (Å²) in [5.74, 6) is 0.498. The van der Waals surface area contributed by atoms with E-state index in [1.807, 2.05) is 42.7 Å². The maximum atomic E-state index is 13.1. The van der Waals surface area contributed by atoms with Gasteiger partial charge in [-0.3, -0.25) is 4.79 Å². The van der Waals surface area contributed by atoms with Crippen LogP contribution in [0.2, 0.25) is 0 Å². The molecule has 188 valence electrons. The maximum Gasteiger partial charge on any atom is 0.416 e. The molecule has 3 aromatic rings. The summed E-state index contributed by atoms with van der Waals surface area (Å²) in [5, 5.41) is 5.12. The Hall–Kier alpha value is -3.73. The summed E-state index contributed by atoms with van der Waals surface area (Å²) in [7, 11) is 0. The van der Waals surface area contributed by atoms with Crippen molar-refractivity contribution in [2.45, 2.75) is 25.1 Å². The van der Waals surface area contributed by atoms with E-state index in [9.17, 15) is 22.8 Å². The minimum atomic E-state index is -4.46. The van der Waals surface area contributed by atoms with E-state index >= 15 is 0 Å². The number of nitrogens with zero attached hydrogens (tertiary/aromatic N) is 2. The second kappa shape index (κ2) is 10.9. The summed E-state index contributed by atoms with van der Waals surface area (Å²) in [6.07, 6.45) is 0.320. The van der Waals surface area contributed by atoms with Gasteiger partial charge >= 0.3 is 12.2 Å². The molecule has 3 amide bonds. The molecular weight excluding hydrogens is 491 g/mol. The number of hydrogen-bond donors (Lipinski definition) is 3. The van der Waals surface area contributed by atoms with E-state index in [0.717, 1.165) is 29.1 Å². The van der Waals surface area contributed by atoms with Crippen LogP contribution in [0.3, 0.4) is 0 Å². The lowest BCUT2D eigenvalue weighted by atomic mass is 10.0. The van der Waals surface area contributed by atoms with Crippen molar-refractivity contribution in [2.24, 2.45) is 0 Å². The van der Waals surface area contributed by atoms with Gasteiger partial charge < -0.3 is 20.3 Å². The van der Waals surface area contributed by atoms with Gasteiger partial charge in [0, 0.05) is 35.9 Å². The first kappa shape index (κ1) is 25.4. The molecule has 0 radical (unpaired) electrons. The van der Waals surface area contributed by atoms with Crippen molar-refractivity contribution < 1.29 is 22.8 Å². The third-order valence-electron chi connectivity index (χ3n) is 5.71. The van der Waals surface area contributed by atoms with Gasteiger partial charge in [-0.05, 0) is 66.9 Å². The Morgan fingerprint density at radius 1 is 1.08 bits per heavy atom. The average molecular weight is 516 g/mol. The number of amides is 3. The van der Waals surface area contributed by atoms with Crippen LogP contribution in [0.25, 0.3) is 11.1 Å². The zero-order chi connectivity index (χ0) is 25.7. The SMILES string of the molecule is CSNc1ncccc1-c1ccc(N2CCC[C@@H](NC(=O)Nc3ccc(C(F)(F)F)cc3)C2=O)cc1. The molecule has 2 aromatic carbocycles. The highest BCUT2D eigenvalue weighted by Crippen LogP contribution is 2.31. The summed E-state index contributed by atoms with van der Waals surface area (Å²) in [6, 6.07) is 14.1. The van der Waals surface area contributed by atoms with E-state index in [2.05, 4.69) is 20.3 Å². The molecule has 1 saturated heterocycles. The van der Waals surface area contributed by atoms with Gasteiger partial charge in [0.15, 0.2) is 0 Å². The number of alkyl halides is 3. The monoisotopic (exact) mass is 515 g/mol. The van der Waals surface area contributed by atoms with Gasteiger partial charge in [0.05, 0.1) is 5.56 Å². The van der Waals surface area contributed by atoms with Gasteiger partial charge in [0.2, 0.25) is 5.91 Å². The summed E-state index contributed by atoms with van der Waals surface area (Å²) >= 11 is 1.45. The molecule has 1 aliphatic rings. The van der Waals surface area contributed by atoms with Crippen molar-refractivity contribution in [1.82, 2.24) is 10.3 Å². The number of rotatable bonds is 6. The van der Waals surface area contributed by atoms with E-state index in [4.69, 9.17) is 0 Å². The Morgan fingerprint density at radius 2 is 1.81 bits per heavy atom. The molecule has 36 heavy (non-hydrogen) atoms. The maximum absolute atomic E-state index is 13.1. The van der Waals surface area contributed by atoms with Crippen molar-refractivity contribution in [3.63, 3.8) is 0 Å². The summed E-state index contributed by atoms with van der Waals surface area (Å²) in [4.78, 5) is 31.5. The number of pyridine rings is 1. The number of piperidine rings is 1. The van der Waals surface area contributed by atoms with Crippen LogP contribution in [0.4, 0.5) is 35.2 Å². The Labute approximate surface area is 210 Å². The third-order valence-corrected chi connectivity index (χ3v) is 6.11. The summed E-state index contributed by atoms with van der Waals surface area (Å²) in [6.45, 7) is 0.517. The molecule has 0 bridgehead atoms. The Bertz CT molecular complexity index is 1220. The number of halogens is 3. The minimum absolute atomic E-state index is 0.196. The number of aromatic nitrogens is 1. The number of benzene rings is 2. The Balaban J connectivity index is 1.40. The van der Waals surface area contributed by atoms with Crippen LogP contribution in [-0.4, -0.2) is 35.8 Å². The average Bonchev–Trinajstić information content (AvgIpc) is 2.86. The molecule has 1 aromatic heterocycles. The first-order valence-electron chi connectivity index (χ1n) is 11.2. The van der Waals surface area contributed by atoms with E-state index in [1.54, 1.807) is 11.1 Å². The fourth-order valence-corrected chi connectivity index (χ4v) is 4.33. The van der Waals surface area contributed by atoms with Crippen molar-refractivity contribution in [3.8, 4) is 11.1 Å². The fourth-order valence-electron chi connectivity index (χ4n) is 3.97. The highest BCUT2D eigenvalue weighted by Gasteiger charge is 2.32. The topological polar surface area (TPSA) is 86.4 Å². The van der Waals surface area contributed by atoms with Crippen LogP contribution < -0.4 is 20.3 Å². The molecule has 1 aliphatic heterocycles. The van der Waals surface area contributed by atoms with Crippen LogP contribution in [0, 0.1) is 0 Å². The lowest BCUT2D eigenvalue weighted by molar-refractivity contribution is -0.137. The van der Waals surface area contributed by atoms with Gasteiger partial charge in [-0.15, -0.1) is 0 Å². The minimum Gasteiger partial charge on any atom is -0.326 e. The first-order valence-corrected chi connectivity index (χ1v) is 12.4. The van der Waals surface area contributed by atoms with E-state index in [1.165, 1.54) is 24.1 Å². The van der Waals surface area contributed by atoms with Crippen molar-refractivity contribution >= 4 is 41.1 Å². The largest absolute Gasteiger partial charge is 0.416 e. The second-order valence-corrected chi connectivity index (χ2v) is 8.72. The number of carbonyl (C=O) groups is 2. The molecular formula is C25H24F3N5O2S. The number of hydrogen-bond acceptors (Lipinski definition) is 5. The van der Waals surface area contributed by atoms with Crippen molar-refractivity contribution in [1.29, 1.82) is 0 Å². The molecule has 3 N–H and O–H groups in total. The molecule has 2 heterocycles. The summed E-state index contributed by atoms with van der Waals surface area (Å²) in [5.41, 5.74) is 1.97. The fraction of sp³-hybridized carbons (Fsp3) is 0.240. The third kappa shape index (κ3) is 5.91. The van der Waals surface area contributed by atoms with Crippen LogP contribution in [0.5, 0.6) is 0 Å². The zero-order valence-electron chi connectivity index (χ0n) is 19.3. The number of nitrogens with one attached hydrogen (secondary N) is 3. The van der Waals surface area contributed by atoms with E-state index < -0.39 is 23.8 Å². The number of urea groups is 1. The highest BCUT2D eigenvalue weighted by molar-refractivity contribution is 7.99. The van der Waals surface area contributed by atoms with Crippen LogP contribution in [0.1, 0.15) is 18.4 Å². The quantitative estimate of drug-likeness (QED) is 0.363. The highest BCUT2D eigenvalue weighted by atomic mass is 32.2. The van der Waals surface area contributed by atoms with E-state index in [0.29, 0.717) is 25.1 Å². The predicted octanol–water partition coefficient (Wildman–Crippen LogP) is 5.77. The van der Waals surface area contributed by atoms with Gasteiger partial charge in [-0.25, -0.2) is 9.78 Å². The van der Waals surface area contributed by atoms with Gasteiger partial charge in [-0.2, -0.15) is 13.2 Å².